The zero-order valence-electron chi connectivity index (χ0n) is 11.4. The van der Waals surface area contributed by atoms with Crippen molar-refractivity contribution in [1.82, 2.24) is 0 Å². The van der Waals surface area contributed by atoms with Crippen molar-refractivity contribution < 1.29 is 12.8 Å². The van der Waals surface area contributed by atoms with Gasteiger partial charge in [0.25, 0.3) is 0 Å². The predicted molar refractivity (Wildman–Crippen MR) is 81.6 cm³/mol. The summed E-state index contributed by atoms with van der Waals surface area (Å²) in [5.74, 6) is -0.397. The van der Waals surface area contributed by atoms with Crippen LogP contribution in [0.2, 0.25) is 5.02 Å². The molecule has 0 amide bonds. The van der Waals surface area contributed by atoms with Gasteiger partial charge in [0.15, 0.2) is 9.84 Å². The molecule has 0 aliphatic carbocycles. The van der Waals surface area contributed by atoms with Crippen LogP contribution in [-0.4, -0.2) is 14.7 Å². The monoisotopic (exact) mass is 327 g/mol. The molecule has 0 fully saturated rings. The first-order chi connectivity index (χ1) is 9.77. The molecule has 0 heterocycles. The van der Waals surface area contributed by atoms with Crippen LogP contribution in [0.1, 0.15) is 17.2 Å². The maximum Gasteiger partial charge on any atom is 0.175 e. The van der Waals surface area contributed by atoms with Gasteiger partial charge in [-0.3, -0.25) is 0 Å². The Balaban J connectivity index is 2.18. The lowest BCUT2D eigenvalue weighted by atomic mass is 9.99. The Morgan fingerprint density at radius 3 is 2.33 bits per heavy atom. The van der Waals surface area contributed by atoms with E-state index in [4.69, 9.17) is 17.3 Å². The van der Waals surface area contributed by atoms with E-state index < -0.39 is 21.7 Å². The van der Waals surface area contributed by atoms with E-state index in [1.165, 1.54) is 18.2 Å². The van der Waals surface area contributed by atoms with Gasteiger partial charge in [-0.15, -0.1) is 0 Å². The molecule has 112 valence electrons. The molecule has 0 aliphatic heterocycles. The number of benzene rings is 2. The smallest absolute Gasteiger partial charge is 0.175 e. The molecule has 2 N–H and O–H groups in total. The summed E-state index contributed by atoms with van der Waals surface area (Å²) < 4.78 is 36.5. The number of hydrogen-bond acceptors (Lipinski definition) is 3. The molecular formula is C15H15ClFNO2S. The van der Waals surface area contributed by atoms with Crippen LogP contribution in [-0.2, 0) is 16.3 Å². The topological polar surface area (TPSA) is 60.2 Å². The minimum absolute atomic E-state index is 0.233. The maximum atomic E-state index is 13.7. The van der Waals surface area contributed by atoms with Crippen molar-refractivity contribution >= 4 is 21.4 Å². The van der Waals surface area contributed by atoms with E-state index in [1.807, 2.05) is 0 Å². The molecule has 2 aromatic rings. The molecule has 21 heavy (non-hydrogen) atoms. The molecule has 0 spiro atoms. The van der Waals surface area contributed by atoms with Gasteiger partial charge in [0.1, 0.15) is 5.82 Å². The zero-order valence-corrected chi connectivity index (χ0v) is 13.0. The van der Waals surface area contributed by atoms with Gasteiger partial charge in [0, 0.05) is 17.3 Å². The highest BCUT2D eigenvalue weighted by molar-refractivity contribution is 7.90. The maximum absolute atomic E-state index is 13.7. The first kappa shape index (κ1) is 15.9. The van der Waals surface area contributed by atoms with Crippen LogP contribution in [0.3, 0.4) is 0 Å². The molecule has 0 saturated heterocycles. The fraction of sp³-hybridized carbons (Fsp3) is 0.200. The molecular weight excluding hydrogens is 313 g/mol. The zero-order chi connectivity index (χ0) is 15.6. The van der Waals surface area contributed by atoms with Gasteiger partial charge in [-0.25, -0.2) is 12.8 Å². The van der Waals surface area contributed by atoms with Gasteiger partial charge >= 0.3 is 0 Å². The highest BCUT2D eigenvalue weighted by Crippen LogP contribution is 2.22. The van der Waals surface area contributed by atoms with E-state index in [-0.39, 0.29) is 4.90 Å². The van der Waals surface area contributed by atoms with Crippen LogP contribution in [0.25, 0.3) is 0 Å². The Kier molecular flexibility index (Phi) is 4.66. The molecule has 1 unspecified atom stereocenters. The summed E-state index contributed by atoms with van der Waals surface area (Å²) in [6.45, 7) is 0. The third-order valence-electron chi connectivity index (χ3n) is 3.19. The lowest BCUT2D eigenvalue weighted by molar-refractivity contribution is 0.593. The number of sulfone groups is 1. The largest absolute Gasteiger partial charge is 0.324 e. The van der Waals surface area contributed by atoms with Crippen molar-refractivity contribution in [3.8, 4) is 0 Å². The van der Waals surface area contributed by atoms with Crippen molar-refractivity contribution in [2.24, 2.45) is 5.73 Å². The summed E-state index contributed by atoms with van der Waals surface area (Å²) >= 11 is 5.70. The minimum atomic E-state index is -3.23. The van der Waals surface area contributed by atoms with Gasteiger partial charge in [-0.1, -0.05) is 29.8 Å². The van der Waals surface area contributed by atoms with E-state index in [0.717, 1.165) is 11.8 Å². The summed E-state index contributed by atoms with van der Waals surface area (Å²) in [5, 5.41) is 0.335. The van der Waals surface area contributed by atoms with Crippen LogP contribution < -0.4 is 5.73 Å². The Hall–Kier alpha value is -1.43. The molecule has 6 heteroatoms. The average molecular weight is 328 g/mol. The van der Waals surface area contributed by atoms with Crippen LogP contribution >= 0.6 is 11.6 Å². The van der Waals surface area contributed by atoms with Crippen LogP contribution in [0.5, 0.6) is 0 Å². The molecule has 0 radical (unpaired) electrons. The molecule has 2 rings (SSSR count). The van der Waals surface area contributed by atoms with Crippen molar-refractivity contribution in [3.05, 3.63) is 64.4 Å². The van der Waals surface area contributed by atoms with E-state index in [9.17, 15) is 12.8 Å². The van der Waals surface area contributed by atoms with E-state index in [1.54, 1.807) is 24.3 Å². The van der Waals surface area contributed by atoms with Crippen LogP contribution in [0.4, 0.5) is 4.39 Å². The average Bonchev–Trinajstić information content (AvgIpc) is 2.41. The van der Waals surface area contributed by atoms with Crippen LogP contribution in [0, 0.1) is 5.82 Å². The van der Waals surface area contributed by atoms with E-state index in [0.29, 0.717) is 17.0 Å². The molecule has 1 atom stereocenters. The SMILES string of the molecule is CS(=O)(=O)c1ccc(C(N)Cc2ccc(Cl)cc2F)cc1. The number of nitrogens with two attached hydrogens (primary N) is 1. The molecule has 0 aromatic heterocycles. The van der Waals surface area contributed by atoms with Crippen molar-refractivity contribution in [2.75, 3.05) is 6.26 Å². The molecule has 0 saturated carbocycles. The van der Waals surface area contributed by atoms with Gasteiger partial charge < -0.3 is 5.73 Å². The summed E-state index contributed by atoms with van der Waals surface area (Å²) in [5.41, 5.74) is 7.26. The second-order valence-electron chi connectivity index (χ2n) is 4.89. The quantitative estimate of drug-likeness (QED) is 0.938. The second-order valence-corrected chi connectivity index (χ2v) is 7.34. The Morgan fingerprint density at radius 1 is 1.19 bits per heavy atom. The minimum Gasteiger partial charge on any atom is -0.324 e. The van der Waals surface area contributed by atoms with Crippen molar-refractivity contribution in [1.29, 1.82) is 0 Å². The number of hydrogen-bond donors (Lipinski definition) is 1. The normalized spacial score (nSPS) is 13.1. The van der Waals surface area contributed by atoms with E-state index in [2.05, 4.69) is 0 Å². The molecule has 3 nitrogen and oxygen atoms in total. The summed E-state index contributed by atoms with van der Waals surface area (Å²) in [6.07, 6.45) is 1.45. The fourth-order valence-corrected chi connectivity index (χ4v) is 2.79. The molecule has 0 aliphatic rings. The summed E-state index contributed by atoms with van der Waals surface area (Å²) in [7, 11) is -3.23. The van der Waals surface area contributed by atoms with Crippen molar-refractivity contribution in [3.63, 3.8) is 0 Å². The lowest BCUT2D eigenvalue weighted by Crippen LogP contribution is -2.14. The highest BCUT2D eigenvalue weighted by atomic mass is 35.5. The number of halogens is 2. The highest BCUT2D eigenvalue weighted by Gasteiger charge is 2.12. The second kappa shape index (κ2) is 6.13. The van der Waals surface area contributed by atoms with Crippen LogP contribution in [0.15, 0.2) is 47.4 Å². The lowest BCUT2D eigenvalue weighted by Gasteiger charge is -2.13. The fourth-order valence-electron chi connectivity index (χ4n) is 2.00. The first-order valence-corrected chi connectivity index (χ1v) is 8.54. The van der Waals surface area contributed by atoms with Crippen molar-refractivity contribution in [2.45, 2.75) is 17.4 Å². The summed E-state index contributed by atoms with van der Waals surface area (Å²) in [4.78, 5) is 0.233. The summed E-state index contributed by atoms with van der Waals surface area (Å²) in [6, 6.07) is 10.3. The van der Waals surface area contributed by atoms with Gasteiger partial charge in [0.2, 0.25) is 0 Å². The van der Waals surface area contributed by atoms with Gasteiger partial charge in [-0.2, -0.15) is 0 Å². The van der Waals surface area contributed by atoms with E-state index >= 15 is 0 Å². The van der Waals surface area contributed by atoms with Gasteiger partial charge in [0.05, 0.1) is 4.90 Å². The predicted octanol–water partition coefficient (Wildman–Crippen LogP) is 3.13. The number of rotatable bonds is 4. The Morgan fingerprint density at radius 2 is 1.81 bits per heavy atom. The standard InChI is InChI=1S/C15H15ClFNO2S/c1-21(19,20)13-6-3-10(4-7-13)15(18)8-11-2-5-12(16)9-14(11)17/h2-7,9,15H,8,18H2,1H3. The molecule has 0 bridgehead atoms. The third kappa shape index (κ3) is 4.03. The Labute approximate surface area is 128 Å². The Bertz CT molecular complexity index is 745. The third-order valence-corrected chi connectivity index (χ3v) is 4.55. The first-order valence-electron chi connectivity index (χ1n) is 6.27. The molecule has 2 aromatic carbocycles. The van der Waals surface area contributed by atoms with Gasteiger partial charge in [-0.05, 0) is 41.8 Å².